The van der Waals surface area contributed by atoms with Gasteiger partial charge in [0.15, 0.2) is 0 Å². The first-order valence-corrected chi connectivity index (χ1v) is 6.18. The molecule has 1 rings (SSSR count). The fourth-order valence-corrected chi connectivity index (χ4v) is 2.14. The molecule has 1 atom stereocenters. The van der Waals surface area contributed by atoms with Crippen molar-refractivity contribution in [2.45, 2.75) is 32.6 Å². The van der Waals surface area contributed by atoms with Gasteiger partial charge in [0.25, 0.3) is 0 Å². The summed E-state index contributed by atoms with van der Waals surface area (Å²) in [6, 6.07) is -0.175. The van der Waals surface area contributed by atoms with Crippen LogP contribution in [0.25, 0.3) is 0 Å². The van der Waals surface area contributed by atoms with Gasteiger partial charge in [-0.3, -0.25) is 4.90 Å². The molecular formula is C10H16F3N3S. The number of hydrogen-bond donors (Lipinski definition) is 1. The Balaban J connectivity index is 2.61. The van der Waals surface area contributed by atoms with E-state index in [-0.39, 0.29) is 12.6 Å². The summed E-state index contributed by atoms with van der Waals surface area (Å²) < 4.78 is 36.7. The van der Waals surface area contributed by atoms with Crippen LogP contribution >= 0.6 is 11.3 Å². The molecule has 0 spiro atoms. The van der Waals surface area contributed by atoms with Crippen LogP contribution in [0.4, 0.5) is 13.2 Å². The maximum Gasteiger partial charge on any atom is 0.401 e. The Morgan fingerprint density at radius 1 is 1.53 bits per heavy atom. The molecule has 2 N–H and O–H groups in total. The predicted molar refractivity (Wildman–Crippen MR) is 61.7 cm³/mol. The molecule has 1 aromatic rings. The zero-order chi connectivity index (χ0) is 13.1. The minimum Gasteiger partial charge on any atom is -0.322 e. The predicted octanol–water partition coefficient (Wildman–Crippen LogP) is 2.55. The molecule has 0 aliphatic rings. The molecule has 3 nitrogen and oxygen atoms in total. The van der Waals surface area contributed by atoms with Crippen LogP contribution in [0.15, 0.2) is 5.38 Å². The highest BCUT2D eigenvalue weighted by Crippen LogP contribution is 2.20. The van der Waals surface area contributed by atoms with Gasteiger partial charge in [-0.25, -0.2) is 4.98 Å². The lowest BCUT2D eigenvalue weighted by atomic mass is 10.3. The Labute approximate surface area is 102 Å². The number of hydrogen-bond acceptors (Lipinski definition) is 4. The number of nitrogens with zero attached hydrogens (tertiary/aromatic N) is 2. The average molecular weight is 267 g/mol. The molecule has 0 fully saturated rings. The van der Waals surface area contributed by atoms with Crippen LogP contribution in [0.5, 0.6) is 0 Å². The Kier molecular flexibility index (Phi) is 4.91. The zero-order valence-electron chi connectivity index (χ0n) is 9.79. The first-order valence-electron chi connectivity index (χ1n) is 5.30. The summed E-state index contributed by atoms with van der Waals surface area (Å²) >= 11 is 1.38. The van der Waals surface area contributed by atoms with E-state index in [4.69, 9.17) is 5.73 Å². The number of rotatable bonds is 5. The van der Waals surface area contributed by atoms with E-state index < -0.39 is 12.7 Å². The van der Waals surface area contributed by atoms with E-state index in [0.29, 0.717) is 12.2 Å². The van der Waals surface area contributed by atoms with E-state index in [1.165, 1.54) is 16.2 Å². The third-order valence-electron chi connectivity index (χ3n) is 2.19. The van der Waals surface area contributed by atoms with Crippen LogP contribution in [0, 0.1) is 0 Å². The number of halogens is 3. The second kappa shape index (κ2) is 5.79. The third-order valence-corrected chi connectivity index (χ3v) is 3.29. The molecule has 7 heteroatoms. The first-order chi connectivity index (χ1) is 7.81. The number of thiazole rings is 1. The van der Waals surface area contributed by atoms with E-state index >= 15 is 0 Å². The quantitative estimate of drug-likeness (QED) is 0.891. The van der Waals surface area contributed by atoms with Gasteiger partial charge < -0.3 is 5.73 Å². The van der Waals surface area contributed by atoms with Gasteiger partial charge in [-0.05, 0) is 13.5 Å². The Morgan fingerprint density at radius 2 is 2.18 bits per heavy atom. The highest BCUT2D eigenvalue weighted by atomic mass is 32.1. The normalized spacial score (nSPS) is 14.3. The summed E-state index contributed by atoms with van der Waals surface area (Å²) in [5.74, 6) is 0. The van der Waals surface area contributed by atoms with Gasteiger partial charge in [0.2, 0.25) is 0 Å². The van der Waals surface area contributed by atoms with Gasteiger partial charge in [-0.15, -0.1) is 11.3 Å². The minimum absolute atomic E-state index is 0.175. The van der Waals surface area contributed by atoms with Crippen molar-refractivity contribution in [1.82, 2.24) is 9.88 Å². The summed E-state index contributed by atoms with van der Waals surface area (Å²) in [4.78, 5) is 5.52. The van der Waals surface area contributed by atoms with Crippen molar-refractivity contribution in [2.75, 3.05) is 13.1 Å². The topological polar surface area (TPSA) is 42.1 Å². The van der Waals surface area contributed by atoms with Crippen molar-refractivity contribution in [3.05, 3.63) is 16.1 Å². The summed E-state index contributed by atoms with van der Waals surface area (Å²) in [5.41, 5.74) is 6.29. The lowest BCUT2D eigenvalue weighted by Crippen LogP contribution is -2.33. The highest BCUT2D eigenvalue weighted by molar-refractivity contribution is 7.09. The Morgan fingerprint density at radius 3 is 2.59 bits per heavy atom. The van der Waals surface area contributed by atoms with Gasteiger partial charge >= 0.3 is 6.18 Å². The molecule has 17 heavy (non-hydrogen) atoms. The number of nitrogens with two attached hydrogens (primary N) is 1. The van der Waals surface area contributed by atoms with Gasteiger partial charge in [-0.2, -0.15) is 13.2 Å². The largest absolute Gasteiger partial charge is 0.401 e. The molecule has 0 aliphatic heterocycles. The smallest absolute Gasteiger partial charge is 0.322 e. The molecule has 1 aromatic heterocycles. The van der Waals surface area contributed by atoms with Crippen LogP contribution in [-0.2, 0) is 6.54 Å². The molecule has 0 radical (unpaired) electrons. The lowest BCUT2D eigenvalue weighted by Gasteiger charge is -2.20. The summed E-state index contributed by atoms with van der Waals surface area (Å²) in [5, 5.41) is 2.51. The summed E-state index contributed by atoms with van der Waals surface area (Å²) in [6.45, 7) is 3.14. The van der Waals surface area contributed by atoms with E-state index in [9.17, 15) is 13.2 Å². The molecule has 1 heterocycles. The minimum atomic E-state index is -4.17. The van der Waals surface area contributed by atoms with Crippen molar-refractivity contribution < 1.29 is 13.2 Å². The molecule has 0 aromatic carbocycles. The fourth-order valence-electron chi connectivity index (χ4n) is 1.37. The van der Waals surface area contributed by atoms with E-state index in [1.54, 1.807) is 19.2 Å². The average Bonchev–Trinajstić information content (AvgIpc) is 2.63. The SMILES string of the molecule is CCN(Cc1csc(C(C)N)n1)CC(F)(F)F. The zero-order valence-corrected chi connectivity index (χ0v) is 10.6. The van der Waals surface area contributed by atoms with Crippen LogP contribution in [0.3, 0.4) is 0 Å². The first kappa shape index (κ1) is 14.4. The highest BCUT2D eigenvalue weighted by Gasteiger charge is 2.30. The summed E-state index contributed by atoms with van der Waals surface area (Å²) in [6.07, 6.45) is -4.17. The summed E-state index contributed by atoms with van der Waals surface area (Å²) in [7, 11) is 0. The lowest BCUT2D eigenvalue weighted by molar-refractivity contribution is -0.146. The molecule has 0 aliphatic carbocycles. The number of alkyl halides is 3. The molecule has 0 saturated carbocycles. The fraction of sp³-hybridized carbons (Fsp3) is 0.700. The van der Waals surface area contributed by atoms with Crippen LogP contribution in [0.2, 0.25) is 0 Å². The van der Waals surface area contributed by atoms with Gasteiger partial charge in [-0.1, -0.05) is 6.92 Å². The molecule has 0 saturated heterocycles. The number of aromatic nitrogens is 1. The maximum atomic E-state index is 12.2. The van der Waals surface area contributed by atoms with Crippen molar-refractivity contribution in [3.8, 4) is 0 Å². The van der Waals surface area contributed by atoms with E-state index in [2.05, 4.69) is 4.98 Å². The second-order valence-electron chi connectivity index (χ2n) is 3.88. The van der Waals surface area contributed by atoms with Gasteiger partial charge in [0, 0.05) is 11.9 Å². The molecule has 98 valence electrons. The van der Waals surface area contributed by atoms with Crippen LogP contribution < -0.4 is 5.73 Å². The van der Waals surface area contributed by atoms with Crippen molar-refractivity contribution in [2.24, 2.45) is 5.73 Å². The third kappa shape index (κ3) is 5.01. The monoisotopic (exact) mass is 267 g/mol. The second-order valence-corrected chi connectivity index (χ2v) is 4.77. The Bertz CT molecular complexity index is 349. The Hall–Kier alpha value is -0.660. The molecule has 0 bridgehead atoms. The molecule has 0 amide bonds. The molecule has 1 unspecified atom stereocenters. The van der Waals surface area contributed by atoms with E-state index in [0.717, 1.165) is 5.01 Å². The van der Waals surface area contributed by atoms with Crippen LogP contribution in [-0.4, -0.2) is 29.1 Å². The maximum absolute atomic E-state index is 12.2. The van der Waals surface area contributed by atoms with Crippen LogP contribution in [0.1, 0.15) is 30.6 Å². The van der Waals surface area contributed by atoms with Gasteiger partial charge in [0.1, 0.15) is 5.01 Å². The standard InChI is InChI=1S/C10H16F3N3S/c1-3-16(6-10(11,12)13)4-8-5-17-9(15-8)7(2)14/h5,7H,3-4,6,14H2,1-2H3. The van der Waals surface area contributed by atoms with Crippen molar-refractivity contribution >= 4 is 11.3 Å². The van der Waals surface area contributed by atoms with E-state index in [1.807, 2.05) is 0 Å². The van der Waals surface area contributed by atoms with Gasteiger partial charge in [0.05, 0.1) is 18.3 Å². The van der Waals surface area contributed by atoms with Crippen molar-refractivity contribution in [3.63, 3.8) is 0 Å². The molecular weight excluding hydrogens is 251 g/mol. The van der Waals surface area contributed by atoms with Crippen molar-refractivity contribution in [1.29, 1.82) is 0 Å².